The summed E-state index contributed by atoms with van der Waals surface area (Å²) in [7, 11) is -3.29. The molecule has 0 heterocycles. The summed E-state index contributed by atoms with van der Waals surface area (Å²) in [5.41, 5.74) is 1.67. The van der Waals surface area contributed by atoms with Crippen LogP contribution in [0.5, 0.6) is 0 Å². The third-order valence-corrected chi connectivity index (χ3v) is 6.37. The van der Waals surface area contributed by atoms with Crippen molar-refractivity contribution in [3.63, 3.8) is 0 Å². The second-order valence-electron chi connectivity index (χ2n) is 3.66. The molecule has 1 aromatic carbocycles. The number of aliphatic hydroxyl groups excluding tert-OH is 1. The highest BCUT2D eigenvalue weighted by Gasteiger charge is 2.29. The van der Waals surface area contributed by atoms with E-state index in [1.165, 1.54) is 0 Å². The molecule has 0 bridgehead atoms. The molecular formula is C11H15BrO3S. The first kappa shape index (κ1) is 13.7. The van der Waals surface area contributed by atoms with Crippen LogP contribution < -0.4 is 0 Å². The van der Waals surface area contributed by atoms with Gasteiger partial charge in [-0.1, -0.05) is 52.7 Å². The summed E-state index contributed by atoms with van der Waals surface area (Å²) in [5, 5.41) is 9.92. The standard InChI is InChI=1S/C11H15BrO3S/c1-3-16(14,15)11(12)10(13)9-6-4-8(2)5-7-9/h4-7,10-11,13H,3H2,1-2H3. The highest BCUT2D eigenvalue weighted by molar-refractivity contribution is 9.11. The highest BCUT2D eigenvalue weighted by Crippen LogP contribution is 2.27. The zero-order valence-electron chi connectivity index (χ0n) is 9.22. The summed E-state index contributed by atoms with van der Waals surface area (Å²) in [6.07, 6.45) is -1.04. The molecule has 2 unspecified atom stereocenters. The SMILES string of the molecule is CCS(=O)(=O)C(Br)C(O)c1ccc(C)cc1. The highest BCUT2D eigenvalue weighted by atomic mass is 79.9. The van der Waals surface area contributed by atoms with Gasteiger partial charge in [-0.2, -0.15) is 0 Å². The van der Waals surface area contributed by atoms with Gasteiger partial charge in [0.25, 0.3) is 0 Å². The lowest BCUT2D eigenvalue weighted by Crippen LogP contribution is -2.24. The van der Waals surface area contributed by atoms with Crippen molar-refractivity contribution in [2.75, 3.05) is 5.75 Å². The van der Waals surface area contributed by atoms with Crippen LogP contribution in [0.2, 0.25) is 0 Å². The average molecular weight is 307 g/mol. The largest absolute Gasteiger partial charge is 0.386 e. The van der Waals surface area contributed by atoms with Crippen molar-refractivity contribution in [3.8, 4) is 0 Å². The van der Waals surface area contributed by atoms with Gasteiger partial charge in [0.05, 0.1) is 0 Å². The Hall–Kier alpha value is -0.390. The quantitative estimate of drug-likeness (QED) is 0.868. The van der Waals surface area contributed by atoms with Crippen LogP contribution >= 0.6 is 15.9 Å². The van der Waals surface area contributed by atoms with E-state index in [9.17, 15) is 13.5 Å². The number of aryl methyl sites for hydroxylation is 1. The fraction of sp³-hybridized carbons (Fsp3) is 0.455. The maximum absolute atomic E-state index is 11.6. The van der Waals surface area contributed by atoms with Crippen molar-refractivity contribution in [1.82, 2.24) is 0 Å². The molecule has 0 saturated heterocycles. The number of alkyl halides is 1. The molecule has 0 aliphatic rings. The number of aliphatic hydroxyl groups is 1. The van der Waals surface area contributed by atoms with Gasteiger partial charge in [0.15, 0.2) is 9.84 Å². The van der Waals surface area contributed by atoms with E-state index in [2.05, 4.69) is 15.9 Å². The molecule has 1 N–H and O–H groups in total. The molecule has 0 fully saturated rings. The minimum Gasteiger partial charge on any atom is -0.386 e. The van der Waals surface area contributed by atoms with Crippen LogP contribution in [0.25, 0.3) is 0 Å². The molecule has 0 amide bonds. The van der Waals surface area contributed by atoms with Crippen molar-refractivity contribution in [2.45, 2.75) is 24.1 Å². The normalized spacial score (nSPS) is 15.8. The van der Waals surface area contributed by atoms with Crippen LogP contribution in [0.1, 0.15) is 24.2 Å². The Bertz CT molecular complexity index is 439. The molecule has 16 heavy (non-hydrogen) atoms. The Balaban J connectivity index is 2.94. The molecule has 5 heteroatoms. The zero-order chi connectivity index (χ0) is 12.3. The summed E-state index contributed by atoms with van der Waals surface area (Å²) in [5.74, 6) is 0.00579. The third kappa shape index (κ3) is 3.06. The van der Waals surface area contributed by atoms with Gasteiger partial charge in [-0.05, 0) is 12.5 Å². The second-order valence-corrected chi connectivity index (χ2v) is 7.66. The average Bonchev–Trinajstić information content (AvgIpc) is 2.28. The predicted octanol–water partition coefficient (Wildman–Crippen LogP) is 2.18. The number of hydrogen-bond acceptors (Lipinski definition) is 3. The fourth-order valence-corrected chi connectivity index (χ4v) is 3.24. The van der Waals surface area contributed by atoms with Gasteiger partial charge in [-0.25, -0.2) is 8.42 Å². The van der Waals surface area contributed by atoms with Gasteiger partial charge in [0.1, 0.15) is 10.3 Å². The van der Waals surface area contributed by atoms with Gasteiger partial charge < -0.3 is 5.11 Å². The lowest BCUT2D eigenvalue weighted by atomic mass is 10.1. The predicted molar refractivity (Wildman–Crippen MR) is 68.3 cm³/mol. The molecule has 1 aromatic rings. The maximum atomic E-state index is 11.6. The summed E-state index contributed by atoms with van der Waals surface area (Å²) < 4.78 is 22.2. The first-order chi connectivity index (χ1) is 7.38. The van der Waals surface area contributed by atoms with Crippen LogP contribution in [0.15, 0.2) is 24.3 Å². The Kier molecular flexibility index (Phi) is 4.52. The smallest absolute Gasteiger partial charge is 0.165 e. The Labute approximate surface area is 105 Å². The summed E-state index contributed by atoms with van der Waals surface area (Å²) >= 11 is 3.04. The summed E-state index contributed by atoms with van der Waals surface area (Å²) in [6, 6.07) is 7.16. The second kappa shape index (κ2) is 5.29. The first-order valence-electron chi connectivity index (χ1n) is 4.98. The summed E-state index contributed by atoms with van der Waals surface area (Å²) in [4.78, 5) is 0. The minimum absolute atomic E-state index is 0.00579. The monoisotopic (exact) mass is 306 g/mol. The van der Waals surface area contributed by atoms with E-state index in [1.807, 2.05) is 19.1 Å². The van der Waals surface area contributed by atoms with E-state index in [-0.39, 0.29) is 5.75 Å². The van der Waals surface area contributed by atoms with E-state index >= 15 is 0 Å². The minimum atomic E-state index is -3.29. The van der Waals surface area contributed by atoms with Gasteiger partial charge in [0.2, 0.25) is 0 Å². The number of halogens is 1. The van der Waals surface area contributed by atoms with Crippen LogP contribution in [0.4, 0.5) is 0 Å². The van der Waals surface area contributed by atoms with Crippen LogP contribution in [-0.2, 0) is 9.84 Å². The lowest BCUT2D eigenvalue weighted by Gasteiger charge is -2.17. The molecule has 0 radical (unpaired) electrons. The van der Waals surface area contributed by atoms with Crippen LogP contribution in [0, 0.1) is 6.92 Å². The van der Waals surface area contributed by atoms with Gasteiger partial charge in [-0.15, -0.1) is 0 Å². The van der Waals surface area contributed by atoms with E-state index in [4.69, 9.17) is 0 Å². The Morgan fingerprint density at radius 3 is 2.25 bits per heavy atom. The maximum Gasteiger partial charge on any atom is 0.165 e. The summed E-state index contributed by atoms with van der Waals surface area (Å²) in [6.45, 7) is 3.50. The van der Waals surface area contributed by atoms with Crippen molar-refractivity contribution < 1.29 is 13.5 Å². The van der Waals surface area contributed by atoms with E-state index < -0.39 is 20.1 Å². The number of benzene rings is 1. The first-order valence-corrected chi connectivity index (χ1v) is 7.62. The molecule has 1 rings (SSSR count). The van der Waals surface area contributed by atoms with Crippen LogP contribution in [0.3, 0.4) is 0 Å². The molecule has 0 aliphatic carbocycles. The van der Waals surface area contributed by atoms with E-state index in [0.29, 0.717) is 5.56 Å². The van der Waals surface area contributed by atoms with E-state index in [1.54, 1.807) is 19.1 Å². The molecule has 90 valence electrons. The lowest BCUT2D eigenvalue weighted by molar-refractivity contribution is 0.195. The van der Waals surface area contributed by atoms with Gasteiger partial charge in [0, 0.05) is 5.75 Å². The van der Waals surface area contributed by atoms with Gasteiger partial charge in [-0.3, -0.25) is 0 Å². The van der Waals surface area contributed by atoms with Crippen molar-refractivity contribution in [3.05, 3.63) is 35.4 Å². The van der Waals surface area contributed by atoms with Crippen molar-refractivity contribution in [2.24, 2.45) is 0 Å². The van der Waals surface area contributed by atoms with E-state index in [0.717, 1.165) is 5.56 Å². The van der Waals surface area contributed by atoms with Gasteiger partial charge >= 0.3 is 0 Å². The number of hydrogen-bond donors (Lipinski definition) is 1. The molecule has 0 saturated carbocycles. The van der Waals surface area contributed by atoms with Crippen molar-refractivity contribution >= 4 is 25.8 Å². The molecule has 0 aliphatic heterocycles. The Morgan fingerprint density at radius 2 is 1.81 bits per heavy atom. The molecule has 0 spiro atoms. The fourth-order valence-electron chi connectivity index (χ4n) is 1.27. The number of rotatable bonds is 4. The molecular weight excluding hydrogens is 292 g/mol. The molecule has 0 aromatic heterocycles. The van der Waals surface area contributed by atoms with Crippen molar-refractivity contribution in [1.29, 1.82) is 0 Å². The zero-order valence-corrected chi connectivity index (χ0v) is 11.6. The Morgan fingerprint density at radius 1 is 1.31 bits per heavy atom. The van der Waals surface area contributed by atoms with Crippen LogP contribution in [-0.4, -0.2) is 23.4 Å². The molecule has 3 nitrogen and oxygen atoms in total. The topological polar surface area (TPSA) is 54.4 Å². The molecule has 2 atom stereocenters. The third-order valence-electron chi connectivity index (χ3n) is 2.41. The number of sulfone groups is 1.